The number of halogens is 2. The molecule has 0 saturated heterocycles. The van der Waals surface area contributed by atoms with Crippen LogP contribution < -0.4 is 10.1 Å². The molecule has 1 atom stereocenters. The van der Waals surface area contributed by atoms with Gasteiger partial charge in [0.25, 0.3) is 0 Å². The van der Waals surface area contributed by atoms with Crippen LogP contribution in [0.2, 0.25) is 0 Å². The van der Waals surface area contributed by atoms with E-state index in [0.717, 1.165) is 21.8 Å². The first-order chi connectivity index (χ1) is 10.6. The lowest BCUT2D eigenvalue weighted by Crippen LogP contribution is -1.96. The van der Waals surface area contributed by atoms with E-state index >= 15 is 0 Å². The molecule has 0 aliphatic carbocycles. The zero-order valence-corrected chi connectivity index (χ0v) is 15.8. The molecule has 2 aromatic heterocycles. The Morgan fingerprint density at radius 1 is 1.29 bits per heavy atom. The Bertz CT molecular complexity index is 870. The highest BCUT2D eigenvalue weighted by Crippen LogP contribution is 2.31. The average molecular weight is 389 g/mol. The van der Waals surface area contributed by atoms with Crippen LogP contribution in [-0.4, -0.2) is 39.0 Å². The van der Waals surface area contributed by atoms with Crippen LogP contribution in [0, 0.1) is 0 Å². The first-order valence-electron chi connectivity index (χ1n) is 6.67. The molecule has 0 bridgehead atoms. The molecule has 0 aliphatic rings. The highest BCUT2D eigenvalue weighted by atomic mass is 35.5. The van der Waals surface area contributed by atoms with Gasteiger partial charge in [0.1, 0.15) is 5.75 Å². The molecule has 0 amide bonds. The molecule has 0 fully saturated rings. The molecule has 1 N–H and O–H groups in total. The van der Waals surface area contributed by atoms with Crippen LogP contribution in [0.5, 0.6) is 5.75 Å². The van der Waals surface area contributed by atoms with E-state index in [2.05, 4.69) is 15.3 Å². The van der Waals surface area contributed by atoms with Gasteiger partial charge in [-0.15, -0.1) is 24.8 Å². The second kappa shape index (κ2) is 8.32. The first-order valence-corrected chi connectivity index (χ1v) is 8.23. The van der Waals surface area contributed by atoms with E-state index in [0.29, 0.717) is 11.6 Å². The standard InChI is InChI=1S/C15H16N4O2S.2ClH/c1-16-14-15-18-12(9-19(15)7-6-17-14)11-5-4-10(22(3)20)8-13(11)21-2;;/h4-9H,1-3H3,(H,16,17);2*1H. The Kier molecular flexibility index (Phi) is 7.01. The Morgan fingerprint density at radius 2 is 2.04 bits per heavy atom. The van der Waals surface area contributed by atoms with Gasteiger partial charge in [-0.3, -0.25) is 4.21 Å². The van der Waals surface area contributed by atoms with Gasteiger partial charge in [-0.2, -0.15) is 0 Å². The van der Waals surface area contributed by atoms with E-state index in [1.54, 1.807) is 25.6 Å². The fraction of sp³-hybridized carbons (Fsp3) is 0.200. The van der Waals surface area contributed by atoms with Crippen molar-refractivity contribution in [1.82, 2.24) is 14.4 Å². The average Bonchev–Trinajstić information content (AvgIpc) is 2.97. The van der Waals surface area contributed by atoms with Gasteiger partial charge in [0, 0.05) is 53.2 Å². The summed E-state index contributed by atoms with van der Waals surface area (Å²) in [5.41, 5.74) is 2.36. The summed E-state index contributed by atoms with van der Waals surface area (Å²) in [4.78, 5) is 9.59. The van der Waals surface area contributed by atoms with E-state index in [1.807, 2.05) is 36.0 Å². The highest BCUT2D eigenvalue weighted by Gasteiger charge is 2.13. The maximum atomic E-state index is 11.6. The topological polar surface area (TPSA) is 68.5 Å². The number of methoxy groups -OCH3 is 1. The first kappa shape index (κ1) is 20.2. The number of ether oxygens (including phenoxy) is 1. The minimum atomic E-state index is -1.05. The quantitative estimate of drug-likeness (QED) is 0.743. The fourth-order valence-electron chi connectivity index (χ4n) is 2.29. The summed E-state index contributed by atoms with van der Waals surface area (Å²) in [6, 6.07) is 5.49. The van der Waals surface area contributed by atoms with Crippen molar-refractivity contribution in [2.45, 2.75) is 4.90 Å². The van der Waals surface area contributed by atoms with E-state index < -0.39 is 10.8 Å². The van der Waals surface area contributed by atoms with Crippen LogP contribution in [-0.2, 0) is 10.8 Å². The number of benzene rings is 1. The normalized spacial score (nSPS) is 11.3. The summed E-state index contributed by atoms with van der Waals surface area (Å²) in [6.45, 7) is 0. The number of nitrogens with zero attached hydrogens (tertiary/aromatic N) is 3. The summed E-state index contributed by atoms with van der Waals surface area (Å²) < 4.78 is 18.9. The van der Waals surface area contributed by atoms with Crippen LogP contribution in [0.1, 0.15) is 0 Å². The van der Waals surface area contributed by atoms with Crippen LogP contribution in [0.25, 0.3) is 16.9 Å². The van der Waals surface area contributed by atoms with E-state index in [9.17, 15) is 4.21 Å². The zero-order valence-electron chi connectivity index (χ0n) is 13.3. The maximum absolute atomic E-state index is 11.6. The second-order valence-electron chi connectivity index (χ2n) is 4.70. The lowest BCUT2D eigenvalue weighted by molar-refractivity contribution is 0.415. The SMILES string of the molecule is CNc1nccn2cc(-c3ccc(S(C)=O)cc3OC)nc12.Cl.Cl. The van der Waals surface area contributed by atoms with E-state index in [4.69, 9.17) is 4.74 Å². The Morgan fingerprint density at radius 3 is 2.67 bits per heavy atom. The molecule has 24 heavy (non-hydrogen) atoms. The monoisotopic (exact) mass is 388 g/mol. The molecule has 3 aromatic rings. The number of hydrogen-bond donors (Lipinski definition) is 1. The number of aromatic nitrogens is 3. The smallest absolute Gasteiger partial charge is 0.180 e. The van der Waals surface area contributed by atoms with Gasteiger partial charge in [0.15, 0.2) is 11.5 Å². The molecular formula is C15H18Cl2N4O2S. The number of imidazole rings is 1. The number of nitrogens with one attached hydrogen (secondary N) is 1. The predicted molar refractivity (Wildman–Crippen MR) is 101 cm³/mol. The van der Waals surface area contributed by atoms with E-state index in [1.165, 1.54) is 0 Å². The van der Waals surface area contributed by atoms with Crippen LogP contribution in [0.3, 0.4) is 0 Å². The van der Waals surface area contributed by atoms with Crippen LogP contribution in [0.4, 0.5) is 5.82 Å². The molecule has 0 aliphatic heterocycles. The molecule has 2 heterocycles. The number of hydrogen-bond acceptors (Lipinski definition) is 5. The maximum Gasteiger partial charge on any atom is 0.180 e. The van der Waals surface area contributed by atoms with E-state index in [-0.39, 0.29) is 24.8 Å². The minimum Gasteiger partial charge on any atom is -0.496 e. The zero-order chi connectivity index (χ0) is 15.7. The number of anilines is 1. The van der Waals surface area contributed by atoms with Gasteiger partial charge in [0.05, 0.1) is 12.8 Å². The predicted octanol–water partition coefficient (Wildman–Crippen LogP) is 3.03. The molecule has 6 nitrogen and oxygen atoms in total. The lowest BCUT2D eigenvalue weighted by atomic mass is 10.1. The van der Waals surface area contributed by atoms with Crippen LogP contribution >= 0.6 is 24.8 Å². The Labute approximate surface area is 154 Å². The Balaban J connectivity index is 0.00000144. The molecule has 9 heteroatoms. The lowest BCUT2D eigenvalue weighted by Gasteiger charge is -2.07. The molecule has 3 rings (SSSR count). The largest absolute Gasteiger partial charge is 0.496 e. The van der Waals surface area contributed by atoms with Crippen molar-refractivity contribution in [3.8, 4) is 17.0 Å². The van der Waals surface area contributed by atoms with Crippen LogP contribution in [0.15, 0.2) is 41.7 Å². The van der Waals surface area contributed by atoms with Gasteiger partial charge in [-0.1, -0.05) is 0 Å². The van der Waals surface area contributed by atoms with Gasteiger partial charge >= 0.3 is 0 Å². The summed E-state index contributed by atoms with van der Waals surface area (Å²) in [7, 11) is 2.35. The van der Waals surface area contributed by atoms with Gasteiger partial charge in [-0.05, 0) is 18.2 Å². The number of fused-ring (bicyclic) bond motifs is 1. The van der Waals surface area contributed by atoms with Crippen molar-refractivity contribution in [3.05, 3.63) is 36.8 Å². The molecule has 0 radical (unpaired) electrons. The highest BCUT2D eigenvalue weighted by molar-refractivity contribution is 7.84. The summed E-state index contributed by atoms with van der Waals surface area (Å²) in [5.74, 6) is 1.36. The second-order valence-corrected chi connectivity index (χ2v) is 6.08. The van der Waals surface area contributed by atoms with Gasteiger partial charge < -0.3 is 14.5 Å². The van der Waals surface area contributed by atoms with Crippen molar-refractivity contribution >= 4 is 47.1 Å². The van der Waals surface area contributed by atoms with Crippen molar-refractivity contribution in [3.63, 3.8) is 0 Å². The van der Waals surface area contributed by atoms with Gasteiger partial charge in [0.2, 0.25) is 0 Å². The van der Waals surface area contributed by atoms with Crippen molar-refractivity contribution in [2.24, 2.45) is 0 Å². The molecule has 1 unspecified atom stereocenters. The molecule has 1 aromatic carbocycles. The summed E-state index contributed by atoms with van der Waals surface area (Å²) >= 11 is 0. The Hall–Kier alpha value is -1.83. The summed E-state index contributed by atoms with van der Waals surface area (Å²) in [6.07, 6.45) is 7.11. The van der Waals surface area contributed by atoms with Crippen molar-refractivity contribution in [1.29, 1.82) is 0 Å². The third-order valence-electron chi connectivity index (χ3n) is 3.39. The number of rotatable bonds is 4. The third kappa shape index (κ3) is 3.63. The van der Waals surface area contributed by atoms with Gasteiger partial charge in [-0.25, -0.2) is 9.97 Å². The summed E-state index contributed by atoms with van der Waals surface area (Å²) in [5, 5.41) is 3.02. The molecule has 130 valence electrons. The molecular weight excluding hydrogens is 371 g/mol. The molecule has 0 saturated carbocycles. The third-order valence-corrected chi connectivity index (χ3v) is 4.31. The minimum absolute atomic E-state index is 0. The fourth-order valence-corrected chi connectivity index (χ4v) is 2.82. The van der Waals surface area contributed by atoms with Crippen molar-refractivity contribution < 1.29 is 8.95 Å². The molecule has 0 spiro atoms. The van der Waals surface area contributed by atoms with Crippen molar-refractivity contribution in [2.75, 3.05) is 25.7 Å².